The van der Waals surface area contributed by atoms with Crippen molar-refractivity contribution >= 4 is 27.7 Å². The lowest BCUT2D eigenvalue weighted by molar-refractivity contribution is -0.122. The van der Waals surface area contributed by atoms with Gasteiger partial charge in [-0.15, -0.1) is 0 Å². The molecule has 0 bridgehead atoms. The monoisotopic (exact) mass is 331 g/mol. The number of carbonyl (C=O) groups excluding carboxylic acids is 1. The van der Waals surface area contributed by atoms with E-state index < -0.39 is 22.0 Å². The van der Waals surface area contributed by atoms with E-state index in [-0.39, 0.29) is 4.90 Å². The fourth-order valence-electron chi connectivity index (χ4n) is 1.92. The number of hydrazine groups is 1. The van der Waals surface area contributed by atoms with Crippen LogP contribution in [0.3, 0.4) is 0 Å². The maximum absolute atomic E-state index is 12.4. The highest BCUT2D eigenvalue weighted by molar-refractivity contribution is 7.98. The fourth-order valence-corrected chi connectivity index (χ4v) is 3.81. The highest BCUT2D eigenvalue weighted by Crippen LogP contribution is 2.15. The van der Waals surface area contributed by atoms with Gasteiger partial charge in [0.25, 0.3) is 5.91 Å². The second-order valence-electron chi connectivity index (χ2n) is 4.79. The summed E-state index contributed by atoms with van der Waals surface area (Å²) in [7, 11) is -3.77. The van der Waals surface area contributed by atoms with Crippen LogP contribution in [-0.4, -0.2) is 32.4 Å². The molecule has 0 aliphatic heterocycles. The molecule has 0 saturated heterocycles. The van der Waals surface area contributed by atoms with Crippen LogP contribution in [0.5, 0.6) is 0 Å². The molecule has 0 aliphatic rings. The minimum absolute atomic E-state index is 0.152. The van der Waals surface area contributed by atoms with Crippen LogP contribution in [0.25, 0.3) is 0 Å². The summed E-state index contributed by atoms with van der Waals surface area (Å²) in [6.45, 7) is 3.65. The van der Waals surface area contributed by atoms with E-state index in [1.54, 1.807) is 12.1 Å². The van der Waals surface area contributed by atoms with Gasteiger partial charge >= 0.3 is 0 Å². The zero-order valence-corrected chi connectivity index (χ0v) is 14.0. The summed E-state index contributed by atoms with van der Waals surface area (Å²) in [5.74, 6) is 5.21. The molecule has 1 unspecified atom stereocenters. The molecule has 118 valence electrons. The fraction of sp³-hybridized carbons (Fsp3) is 0.462. The van der Waals surface area contributed by atoms with Crippen molar-refractivity contribution in [2.75, 3.05) is 12.0 Å². The Morgan fingerprint density at radius 2 is 1.86 bits per heavy atom. The molecule has 0 heterocycles. The molecule has 4 N–H and O–H groups in total. The predicted molar refractivity (Wildman–Crippen MR) is 85.4 cm³/mol. The van der Waals surface area contributed by atoms with Crippen LogP contribution in [-0.2, 0) is 14.8 Å². The van der Waals surface area contributed by atoms with Crippen molar-refractivity contribution in [2.24, 2.45) is 5.84 Å². The van der Waals surface area contributed by atoms with Gasteiger partial charge in [-0.25, -0.2) is 14.3 Å². The average Bonchev–Trinajstić information content (AvgIpc) is 2.41. The van der Waals surface area contributed by atoms with Gasteiger partial charge in [0.05, 0.1) is 4.90 Å². The van der Waals surface area contributed by atoms with Crippen LogP contribution in [0.2, 0.25) is 0 Å². The van der Waals surface area contributed by atoms with Gasteiger partial charge in [-0.3, -0.25) is 10.2 Å². The molecule has 0 radical (unpaired) electrons. The molecule has 1 atom stereocenters. The minimum Gasteiger partial charge on any atom is -0.293 e. The van der Waals surface area contributed by atoms with Crippen molar-refractivity contribution in [3.63, 3.8) is 0 Å². The van der Waals surface area contributed by atoms with E-state index in [1.165, 1.54) is 11.8 Å². The Labute approximate surface area is 129 Å². The van der Waals surface area contributed by atoms with Crippen molar-refractivity contribution in [3.8, 4) is 0 Å². The number of aryl methyl sites for hydroxylation is 2. The third kappa shape index (κ3) is 5.31. The molecule has 1 aromatic rings. The van der Waals surface area contributed by atoms with Crippen LogP contribution in [0.1, 0.15) is 17.5 Å². The zero-order valence-electron chi connectivity index (χ0n) is 12.3. The third-order valence-electron chi connectivity index (χ3n) is 2.87. The molecular formula is C13H21N3O3S2. The van der Waals surface area contributed by atoms with Crippen molar-refractivity contribution in [2.45, 2.75) is 31.2 Å². The number of benzene rings is 1. The Bertz CT molecular complexity index is 582. The molecule has 8 heteroatoms. The maximum atomic E-state index is 12.4. The van der Waals surface area contributed by atoms with Gasteiger partial charge < -0.3 is 0 Å². The molecule has 1 aromatic carbocycles. The number of rotatable bonds is 7. The first kappa shape index (κ1) is 18.0. The Hall–Kier alpha value is -1.09. The van der Waals surface area contributed by atoms with E-state index in [4.69, 9.17) is 5.84 Å². The van der Waals surface area contributed by atoms with Crippen molar-refractivity contribution in [1.82, 2.24) is 10.1 Å². The lowest BCUT2D eigenvalue weighted by Crippen LogP contribution is -2.49. The van der Waals surface area contributed by atoms with Crippen LogP contribution >= 0.6 is 11.8 Å². The number of hydrogen-bond donors (Lipinski definition) is 3. The second kappa shape index (κ2) is 7.79. The summed E-state index contributed by atoms with van der Waals surface area (Å²) < 4.78 is 27.2. The molecule has 0 aliphatic carbocycles. The van der Waals surface area contributed by atoms with Gasteiger partial charge in [0.2, 0.25) is 10.0 Å². The summed E-state index contributed by atoms with van der Waals surface area (Å²) in [5.41, 5.74) is 3.69. The third-order valence-corrected chi connectivity index (χ3v) is 4.97. The van der Waals surface area contributed by atoms with Crippen LogP contribution in [0.15, 0.2) is 23.1 Å². The van der Waals surface area contributed by atoms with Crippen molar-refractivity contribution in [3.05, 3.63) is 29.3 Å². The number of nitrogens with two attached hydrogens (primary N) is 1. The number of thioether (sulfide) groups is 1. The summed E-state index contributed by atoms with van der Waals surface area (Å²) in [5, 5.41) is 0. The largest absolute Gasteiger partial charge is 0.293 e. The lowest BCUT2D eigenvalue weighted by Gasteiger charge is -2.17. The van der Waals surface area contributed by atoms with Crippen molar-refractivity contribution in [1.29, 1.82) is 0 Å². The van der Waals surface area contributed by atoms with E-state index in [1.807, 2.05) is 31.6 Å². The van der Waals surface area contributed by atoms with Crippen LogP contribution in [0, 0.1) is 13.8 Å². The lowest BCUT2D eigenvalue weighted by atomic mass is 10.2. The number of amides is 1. The average molecular weight is 331 g/mol. The van der Waals surface area contributed by atoms with Crippen LogP contribution < -0.4 is 16.0 Å². The first-order chi connectivity index (χ1) is 9.80. The van der Waals surface area contributed by atoms with E-state index in [0.717, 1.165) is 11.1 Å². The molecule has 21 heavy (non-hydrogen) atoms. The number of hydrogen-bond acceptors (Lipinski definition) is 5. The number of carbonyl (C=O) groups is 1. The van der Waals surface area contributed by atoms with E-state index in [2.05, 4.69) is 4.72 Å². The minimum atomic E-state index is -3.77. The smallest absolute Gasteiger partial charge is 0.252 e. The molecule has 0 spiro atoms. The van der Waals surface area contributed by atoms with Gasteiger partial charge in [0.15, 0.2) is 0 Å². The Balaban J connectivity index is 3.02. The van der Waals surface area contributed by atoms with Crippen LogP contribution in [0.4, 0.5) is 0 Å². The highest BCUT2D eigenvalue weighted by atomic mass is 32.2. The standard InChI is InChI=1S/C13H21N3O3S2/c1-9-6-10(2)8-11(7-9)21(18,19)16-12(4-5-20-3)13(17)15-14/h6-8,12,16H,4-5,14H2,1-3H3,(H,15,17). The highest BCUT2D eigenvalue weighted by Gasteiger charge is 2.25. The topological polar surface area (TPSA) is 101 Å². The van der Waals surface area contributed by atoms with E-state index in [0.29, 0.717) is 12.2 Å². The quantitative estimate of drug-likeness (QED) is 0.388. The molecule has 0 fully saturated rings. The van der Waals surface area contributed by atoms with Gasteiger partial charge in [0.1, 0.15) is 6.04 Å². The Morgan fingerprint density at radius 1 is 1.29 bits per heavy atom. The first-order valence-electron chi connectivity index (χ1n) is 6.40. The molecule has 0 saturated carbocycles. The molecule has 0 aromatic heterocycles. The van der Waals surface area contributed by atoms with Gasteiger partial charge in [-0.2, -0.15) is 16.5 Å². The molecule has 6 nitrogen and oxygen atoms in total. The Morgan fingerprint density at radius 3 is 2.33 bits per heavy atom. The summed E-state index contributed by atoms with van der Waals surface area (Å²) >= 11 is 1.53. The van der Waals surface area contributed by atoms with E-state index >= 15 is 0 Å². The van der Waals surface area contributed by atoms with Crippen molar-refractivity contribution < 1.29 is 13.2 Å². The van der Waals surface area contributed by atoms with Gasteiger partial charge in [-0.1, -0.05) is 6.07 Å². The second-order valence-corrected chi connectivity index (χ2v) is 7.49. The normalized spacial score (nSPS) is 13.0. The first-order valence-corrected chi connectivity index (χ1v) is 9.28. The SMILES string of the molecule is CSCCC(NS(=O)(=O)c1cc(C)cc(C)c1)C(=O)NN. The summed E-state index contributed by atoms with van der Waals surface area (Å²) in [4.78, 5) is 11.8. The maximum Gasteiger partial charge on any atom is 0.252 e. The van der Waals surface area contributed by atoms with Gasteiger partial charge in [0, 0.05) is 0 Å². The zero-order chi connectivity index (χ0) is 16.0. The predicted octanol–water partition coefficient (Wildman–Crippen LogP) is 0.693. The molecule has 1 rings (SSSR count). The number of nitrogens with one attached hydrogen (secondary N) is 2. The number of sulfonamides is 1. The molecular weight excluding hydrogens is 310 g/mol. The van der Waals surface area contributed by atoms with Gasteiger partial charge in [-0.05, 0) is 55.5 Å². The molecule has 1 amide bonds. The van der Waals surface area contributed by atoms with E-state index in [9.17, 15) is 13.2 Å². The Kier molecular flexibility index (Phi) is 6.66. The summed E-state index contributed by atoms with van der Waals surface area (Å²) in [6.07, 6.45) is 2.25. The summed E-state index contributed by atoms with van der Waals surface area (Å²) in [6, 6.07) is 4.15.